The molecule has 1 unspecified atom stereocenters. The molecule has 3 nitrogen and oxygen atoms in total. The number of nitrogens with zero attached hydrogens (tertiary/aromatic N) is 2. The maximum absolute atomic E-state index is 9.67. The molecule has 0 spiro atoms. The first-order valence-corrected chi connectivity index (χ1v) is 10.4. The van der Waals surface area contributed by atoms with Crippen molar-refractivity contribution in [2.75, 3.05) is 13.1 Å². The van der Waals surface area contributed by atoms with Gasteiger partial charge in [-0.1, -0.05) is 64.0 Å². The van der Waals surface area contributed by atoms with Crippen molar-refractivity contribution in [2.45, 2.75) is 104 Å². The fourth-order valence-corrected chi connectivity index (χ4v) is 3.31. The molecule has 0 aromatic carbocycles. The van der Waals surface area contributed by atoms with Gasteiger partial charge in [0.25, 0.3) is 0 Å². The molecule has 1 N–H and O–H groups in total. The molecule has 1 atom stereocenters. The maximum Gasteiger partial charge on any atom is 0.125 e. The minimum Gasteiger partial charge on any atom is -0.374 e. The van der Waals surface area contributed by atoms with Crippen LogP contribution in [0.4, 0.5) is 0 Å². The van der Waals surface area contributed by atoms with Gasteiger partial charge in [-0.15, -0.1) is 0 Å². The summed E-state index contributed by atoms with van der Waals surface area (Å²) < 4.78 is 0. The summed E-state index contributed by atoms with van der Waals surface area (Å²) in [6.07, 6.45) is 21.3. The lowest BCUT2D eigenvalue weighted by atomic mass is 10.1. The van der Waals surface area contributed by atoms with E-state index in [4.69, 9.17) is 0 Å². The standard InChI is InChI=1S/C21H40N2O/c1-3-4-5-6-7-8-9-10-11-12-13-14-15-16-17-21-22-18-19-23(21)20(2)24/h11-12,20,24H,3-10,13-19H2,1-2H3/b12-11+. The van der Waals surface area contributed by atoms with E-state index in [1.54, 1.807) is 0 Å². The topological polar surface area (TPSA) is 35.8 Å². The third-order valence-electron chi connectivity index (χ3n) is 4.83. The lowest BCUT2D eigenvalue weighted by molar-refractivity contribution is 0.0766. The monoisotopic (exact) mass is 336 g/mol. The van der Waals surface area contributed by atoms with Crippen molar-refractivity contribution in [3.63, 3.8) is 0 Å². The third kappa shape index (κ3) is 10.1. The van der Waals surface area contributed by atoms with Crippen molar-refractivity contribution in [3.05, 3.63) is 12.2 Å². The number of aliphatic hydroxyl groups is 1. The Bertz CT molecular complexity index is 350. The summed E-state index contributed by atoms with van der Waals surface area (Å²) in [7, 11) is 0. The minimum atomic E-state index is -0.388. The van der Waals surface area contributed by atoms with E-state index < -0.39 is 0 Å². The normalized spacial score (nSPS) is 16.1. The van der Waals surface area contributed by atoms with Crippen LogP contribution in [0.5, 0.6) is 0 Å². The summed E-state index contributed by atoms with van der Waals surface area (Å²) >= 11 is 0. The van der Waals surface area contributed by atoms with Gasteiger partial charge < -0.3 is 10.0 Å². The Balaban J connectivity index is 1.86. The number of allylic oxidation sites excluding steroid dienone is 2. The molecule has 1 heterocycles. The molecule has 0 aromatic rings. The van der Waals surface area contributed by atoms with Gasteiger partial charge in [0, 0.05) is 13.0 Å². The van der Waals surface area contributed by atoms with Crippen LogP contribution in [0.25, 0.3) is 0 Å². The van der Waals surface area contributed by atoms with E-state index in [-0.39, 0.29) is 6.23 Å². The Hall–Kier alpha value is -0.830. The molecule has 0 saturated heterocycles. The van der Waals surface area contributed by atoms with E-state index in [0.717, 1.165) is 25.3 Å². The van der Waals surface area contributed by atoms with Crippen LogP contribution in [-0.4, -0.2) is 35.2 Å². The van der Waals surface area contributed by atoms with E-state index in [1.807, 2.05) is 11.8 Å². The molecule has 24 heavy (non-hydrogen) atoms. The predicted molar refractivity (Wildman–Crippen MR) is 106 cm³/mol. The van der Waals surface area contributed by atoms with Crippen LogP contribution in [-0.2, 0) is 0 Å². The van der Waals surface area contributed by atoms with Crippen molar-refractivity contribution in [2.24, 2.45) is 4.99 Å². The van der Waals surface area contributed by atoms with Gasteiger partial charge in [0.15, 0.2) is 0 Å². The summed E-state index contributed by atoms with van der Waals surface area (Å²) in [5, 5.41) is 9.67. The Kier molecular flexibility index (Phi) is 12.8. The highest BCUT2D eigenvalue weighted by molar-refractivity contribution is 5.83. The van der Waals surface area contributed by atoms with Gasteiger partial charge in [0.2, 0.25) is 0 Å². The van der Waals surface area contributed by atoms with Crippen LogP contribution in [0.2, 0.25) is 0 Å². The van der Waals surface area contributed by atoms with E-state index in [9.17, 15) is 5.11 Å². The zero-order chi connectivity index (χ0) is 17.5. The predicted octanol–water partition coefficient (Wildman–Crippen LogP) is 5.69. The van der Waals surface area contributed by atoms with Crippen LogP contribution in [0, 0.1) is 0 Å². The molecule has 0 fully saturated rings. The van der Waals surface area contributed by atoms with Crippen molar-refractivity contribution in [1.29, 1.82) is 0 Å². The highest BCUT2D eigenvalue weighted by Crippen LogP contribution is 2.13. The lowest BCUT2D eigenvalue weighted by Crippen LogP contribution is -2.35. The molecule has 0 amide bonds. The number of hydrogen-bond acceptors (Lipinski definition) is 3. The zero-order valence-electron chi connectivity index (χ0n) is 16.2. The van der Waals surface area contributed by atoms with Crippen LogP contribution < -0.4 is 0 Å². The van der Waals surface area contributed by atoms with Gasteiger partial charge >= 0.3 is 0 Å². The third-order valence-corrected chi connectivity index (χ3v) is 4.83. The summed E-state index contributed by atoms with van der Waals surface area (Å²) in [6, 6.07) is 0. The van der Waals surface area contributed by atoms with Gasteiger partial charge in [-0.05, 0) is 39.0 Å². The molecule has 140 valence electrons. The SMILES string of the molecule is CCCCCCCCC/C=C/CCCCCC1=NCCN1C(C)O. The highest BCUT2D eigenvalue weighted by atomic mass is 16.3. The van der Waals surface area contributed by atoms with Gasteiger partial charge in [-0.3, -0.25) is 4.99 Å². The summed E-state index contributed by atoms with van der Waals surface area (Å²) in [6.45, 7) is 5.84. The number of aliphatic hydroxyl groups excluding tert-OH is 1. The fourth-order valence-electron chi connectivity index (χ4n) is 3.31. The Labute approximate surface area is 150 Å². The van der Waals surface area contributed by atoms with Crippen molar-refractivity contribution in [3.8, 4) is 0 Å². The lowest BCUT2D eigenvalue weighted by Gasteiger charge is -2.23. The molecule has 1 rings (SSSR count). The maximum atomic E-state index is 9.67. The first-order valence-electron chi connectivity index (χ1n) is 10.4. The molecule has 0 aliphatic carbocycles. The van der Waals surface area contributed by atoms with Gasteiger partial charge in [0.1, 0.15) is 12.1 Å². The largest absolute Gasteiger partial charge is 0.374 e. The van der Waals surface area contributed by atoms with E-state index >= 15 is 0 Å². The second-order valence-corrected chi connectivity index (χ2v) is 7.10. The number of rotatable bonds is 15. The quantitative estimate of drug-likeness (QED) is 0.308. The molecule has 0 bridgehead atoms. The summed E-state index contributed by atoms with van der Waals surface area (Å²) in [5.74, 6) is 1.11. The average Bonchev–Trinajstić information content (AvgIpc) is 3.04. The van der Waals surface area contributed by atoms with Crippen LogP contribution >= 0.6 is 0 Å². The summed E-state index contributed by atoms with van der Waals surface area (Å²) in [4.78, 5) is 6.54. The second-order valence-electron chi connectivity index (χ2n) is 7.10. The van der Waals surface area contributed by atoms with Gasteiger partial charge in [-0.2, -0.15) is 0 Å². The number of aliphatic imine (C=N–C) groups is 1. The first-order chi connectivity index (χ1) is 11.8. The molecule has 1 aliphatic heterocycles. The van der Waals surface area contributed by atoms with Crippen molar-refractivity contribution >= 4 is 5.84 Å². The molecular formula is C21H40N2O. The van der Waals surface area contributed by atoms with E-state index in [2.05, 4.69) is 24.1 Å². The van der Waals surface area contributed by atoms with Crippen molar-refractivity contribution in [1.82, 2.24) is 4.90 Å². The molecule has 1 aliphatic rings. The van der Waals surface area contributed by atoms with E-state index in [0.29, 0.717) is 0 Å². The molecule has 0 aromatic heterocycles. The van der Waals surface area contributed by atoms with Crippen LogP contribution in [0.3, 0.4) is 0 Å². The van der Waals surface area contributed by atoms with Gasteiger partial charge in [-0.25, -0.2) is 0 Å². The fraction of sp³-hybridized carbons (Fsp3) is 0.857. The first kappa shape index (κ1) is 21.2. The van der Waals surface area contributed by atoms with Crippen LogP contribution in [0.15, 0.2) is 17.1 Å². The molecular weight excluding hydrogens is 296 g/mol. The van der Waals surface area contributed by atoms with E-state index in [1.165, 1.54) is 77.0 Å². The summed E-state index contributed by atoms with van der Waals surface area (Å²) in [5.41, 5.74) is 0. The molecule has 0 radical (unpaired) electrons. The zero-order valence-corrected chi connectivity index (χ0v) is 16.2. The number of unbranched alkanes of at least 4 members (excludes halogenated alkanes) is 10. The Morgan fingerprint density at radius 3 is 2.17 bits per heavy atom. The Morgan fingerprint density at radius 1 is 0.958 bits per heavy atom. The van der Waals surface area contributed by atoms with Gasteiger partial charge in [0.05, 0.1) is 6.54 Å². The smallest absolute Gasteiger partial charge is 0.125 e. The molecule has 3 heteroatoms. The van der Waals surface area contributed by atoms with Crippen molar-refractivity contribution < 1.29 is 5.11 Å². The van der Waals surface area contributed by atoms with Crippen LogP contribution in [0.1, 0.15) is 97.3 Å². The minimum absolute atomic E-state index is 0.388. The number of amidine groups is 1. The average molecular weight is 337 g/mol. The highest BCUT2D eigenvalue weighted by Gasteiger charge is 2.19. The molecule has 0 saturated carbocycles. The number of hydrogen-bond donors (Lipinski definition) is 1. The second kappa shape index (κ2) is 14.5. The Morgan fingerprint density at radius 2 is 1.54 bits per heavy atom.